The average Bonchev–Trinajstić information content (AvgIpc) is 2.36. The van der Waals surface area contributed by atoms with Crippen LogP contribution in [0, 0.1) is 10.8 Å². The first-order chi connectivity index (χ1) is 7.36. The molecule has 0 aromatic carbocycles. The molecule has 0 aromatic heterocycles. The molecule has 2 unspecified atom stereocenters. The number of rotatable bonds is 1. The average molecular weight is 262 g/mol. The van der Waals surface area contributed by atoms with Crippen LogP contribution in [0.15, 0.2) is 11.4 Å². The number of ether oxygens (including phenoxy) is 1. The van der Waals surface area contributed by atoms with Gasteiger partial charge in [0.05, 0.1) is 0 Å². The zero-order valence-corrected chi connectivity index (χ0v) is 12.6. The summed E-state index contributed by atoms with van der Waals surface area (Å²) in [5, 5.41) is 0.418. The van der Waals surface area contributed by atoms with Crippen molar-refractivity contribution in [2.45, 2.75) is 47.3 Å². The van der Waals surface area contributed by atoms with Crippen molar-refractivity contribution in [3.8, 4) is 0 Å². The van der Waals surface area contributed by atoms with Gasteiger partial charge in [-0.25, -0.2) is 0 Å². The highest BCUT2D eigenvalue weighted by molar-refractivity contribution is 7.57. The Bertz CT molecular complexity index is 386. The second-order valence-electron chi connectivity index (χ2n) is 6.51. The minimum atomic E-state index is -3.77. The summed E-state index contributed by atoms with van der Waals surface area (Å²) in [5.74, 6) is -1.14. The van der Waals surface area contributed by atoms with Crippen LogP contribution in [-0.2, 0) is 13.8 Å². The van der Waals surface area contributed by atoms with E-state index in [1.165, 1.54) is 7.11 Å². The van der Waals surface area contributed by atoms with Gasteiger partial charge < -0.3 is 9.63 Å². The molecule has 0 radical (unpaired) electrons. The Morgan fingerprint density at radius 3 is 1.94 bits per heavy atom. The minimum absolute atomic E-state index is 0.418. The molecule has 0 aliphatic carbocycles. The largest absolute Gasteiger partial charge is 0.357 e. The Morgan fingerprint density at radius 2 is 1.76 bits per heavy atom. The first-order valence-corrected chi connectivity index (χ1v) is 7.26. The van der Waals surface area contributed by atoms with Gasteiger partial charge in [-0.15, -0.1) is 0 Å². The summed E-state index contributed by atoms with van der Waals surface area (Å²) in [5.41, 5.74) is -0.844. The van der Waals surface area contributed by atoms with Crippen molar-refractivity contribution in [3.05, 3.63) is 11.4 Å². The van der Waals surface area contributed by atoms with Crippen LogP contribution in [0.3, 0.4) is 0 Å². The van der Waals surface area contributed by atoms with Gasteiger partial charge in [0, 0.05) is 17.8 Å². The predicted octanol–water partition coefficient (Wildman–Crippen LogP) is 3.52. The molecule has 1 heterocycles. The van der Waals surface area contributed by atoms with Gasteiger partial charge in [-0.2, -0.15) is 0 Å². The second kappa shape index (κ2) is 3.92. The fraction of sp³-hybridized carbons (Fsp3) is 0.833. The molecule has 0 saturated carbocycles. The lowest BCUT2D eigenvalue weighted by molar-refractivity contribution is -0.187. The van der Waals surface area contributed by atoms with E-state index in [1.54, 1.807) is 6.08 Å². The molecule has 0 spiro atoms. The highest BCUT2D eigenvalue weighted by Gasteiger charge is 2.55. The quantitative estimate of drug-likeness (QED) is 0.734. The molecule has 0 aromatic rings. The van der Waals surface area contributed by atoms with Gasteiger partial charge in [0.25, 0.3) is 0 Å². The van der Waals surface area contributed by atoms with Crippen LogP contribution in [0.25, 0.3) is 0 Å². The predicted molar refractivity (Wildman–Crippen MR) is 67.6 cm³/mol. The molecule has 1 aliphatic heterocycles. The molecular weight excluding hydrogens is 239 g/mol. The van der Waals surface area contributed by atoms with Gasteiger partial charge in [-0.1, -0.05) is 41.5 Å². The summed E-state index contributed by atoms with van der Waals surface area (Å²) < 4.78 is 23.0. The molecule has 100 valence electrons. The Hall–Kier alpha value is -0.150. The van der Waals surface area contributed by atoms with Gasteiger partial charge in [0.15, 0.2) is 0 Å². The number of allylic oxidation sites excluding steroid dienone is 1. The van der Waals surface area contributed by atoms with E-state index in [0.29, 0.717) is 5.31 Å². The van der Waals surface area contributed by atoms with Crippen molar-refractivity contribution in [3.63, 3.8) is 0 Å². The monoisotopic (exact) mass is 262 g/mol. The third kappa shape index (κ3) is 2.50. The highest BCUT2D eigenvalue weighted by Crippen LogP contribution is 2.67. The topological polar surface area (TPSA) is 55.8 Å². The zero-order chi connectivity index (χ0) is 13.7. The van der Waals surface area contributed by atoms with E-state index in [4.69, 9.17) is 9.26 Å². The highest BCUT2D eigenvalue weighted by atomic mass is 31.2. The fourth-order valence-corrected chi connectivity index (χ4v) is 3.97. The molecule has 0 saturated heterocycles. The summed E-state index contributed by atoms with van der Waals surface area (Å²) >= 11 is 0. The SMILES string of the molecule is COC1(C(C)(C)C)C=C(C(C)(C)C)P(=O)(O)O1. The van der Waals surface area contributed by atoms with Crippen LogP contribution in [0.5, 0.6) is 0 Å². The van der Waals surface area contributed by atoms with Crippen molar-refractivity contribution in [2.24, 2.45) is 10.8 Å². The lowest BCUT2D eigenvalue weighted by atomic mass is 9.83. The molecule has 0 fully saturated rings. The normalized spacial score (nSPS) is 34.9. The lowest BCUT2D eigenvalue weighted by Gasteiger charge is -2.37. The van der Waals surface area contributed by atoms with Crippen LogP contribution in [0.1, 0.15) is 41.5 Å². The van der Waals surface area contributed by atoms with E-state index in [-0.39, 0.29) is 0 Å². The Morgan fingerprint density at radius 1 is 1.29 bits per heavy atom. The molecule has 1 N–H and O–H groups in total. The summed E-state index contributed by atoms with van der Waals surface area (Å²) in [6, 6.07) is 0. The van der Waals surface area contributed by atoms with E-state index in [9.17, 15) is 9.46 Å². The van der Waals surface area contributed by atoms with Gasteiger partial charge >= 0.3 is 7.60 Å². The molecule has 0 amide bonds. The second-order valence-corrected chi connectivity index (χ2v) is 8.22. The molecule has 5 heteroatoms. The van der Waals surface area contributed by atoms with Crippen molar-refractivity contribution < 1.29 is 18.7 Å². The van der Waals surface area contributed by atoms with Crippen LogP contribution in [0.4, 0.5) is 0 Å². The summed E-state index contributed by atoms with van der Waals surface area (Å²) in [4.78, 5) is 10.0. The van der Waals surface area contributed by atoms with Crippen LogP contribution in [0.2, 0.25) is 0 Å². The van der Waals surface area contributed by atoms with Gasteiger partial charge in [-0.3, -0.25) is 9.09 Å². The maximum absolute atomic E-state index is 12.2. The maximum Gasteiger partial charge on any atom is 0.357 e. The Kier molecular flexibility index (Phi) is 3.44. The summed E-state index contributed by atoms with van der Waals surface area (Å²) in [7, 11) is -2.28. The van der Waals surface area contributed by atoms with Crippen LogP contribution >= 0.6 is 7.60 Å². The summed E-state index contributed by atoms with van der Waals surface area (Å²) in [6.07, 6.45) is 1.67. The van der Waals surface area contributed by atoms with Crippen LogP contribution < -0.4 is 0 Å². The first kappa shape index (κ1) is 14.9. The van der Waals surface area contributed by atoms with Crippen LogP contribution in [-0.4, -0.2) is 17.8 Å². The van der Waals surface area contributed by atoms with Crippen molar-refractivity contribution in [1.29, 1.82) is 0 Å². The molecule has 1 rings (SSSR count). The lowest BCUT2D eigenvalue weighted by Crippen LogP contribution is -2.42. The molecule has 17 heavy (non-hydrogen) atoms. The van der Waals surface area contributed by atoms with E-state index < -0.39 is 24.2 Å². The van der Waals surface area contributed by atoms with Crippen molar-refractivity contribution in [2.75, 3.05) is 7.11 Å². The van der Waals surface area contributed by atoms with Crippen molar-refractivity contribution >= 4 is 7.60 Å². The summed E-state index contributed by atoms with van der Waals surface area (Å²) in [6.45, 7) is 11.4. The third-order valence-electron chi connectivity index (χ3n) is 3.01. The minimum Gasteiger partial charge on any atom is -0.349 e. The molecule has 0 bridgehead atoms. The maximum atomic E-state index is 12.2. The standard InChI is InChI=1S/C12H23O4P/c1-10(2,3)9-8-12(15-7,11(4,5)6)16-17(9,13)14/h8H,1-7H3,(H,13,14). The van der Waals surface area contributed by atoms with Crippen molar-refractivity contribution in [1.82, 2.24) is 0 Å². The van der Waals surface area contributed by atoms with Gasteiger partial charge in [0.2, 0.25) is 5.79 Å². The van der Waals surface area contributed by atoms with E-state index >= 15 is 0 Å². The van der Waals surface area contributed by atoms with E-state index in [2.05, 4.69) is 0 Å². The number of hydrogen-bond acceptors (Lipinski definition) is 3. The zero-order valence-electron chi connectivity index (χ0n) is 11.7. The molecule has 2 atom stereocenters. The Balaban J connectivity index is 3.37. The number of hydrogen-bond donors (Lipinski definition) is 1. The third-order valence-corrected chi connectivity index (χ3v) is 4.94. The first-order valence-electron chi connectivity index (χ1n) is 5.68. The fourth-order valence-electron chi connectivity index (χ4n) is 1.92. The van der Waals surface area contributed by atoms with E-state index in [0.717, 1.165) is 0 Å². The Labute approximate surface area is 104 Å². The van der Waals surface area contributed by atoms with Gasteiger partial charge in [-0.05, 0) is 11.5 Å². The number of methoxy groups -OCH3 is 1. The molecule has 4 nitrogen and oxygen atoms in total. The van der Waals surface area contributed by atoms with E-state index in [1.807, 2.05) is 41.5 Å². The molecular formula is C12H23O4P. The smallest absolute Gasteiger partial charge is 0.349 e. The molecule has 1 aliphatic rings. The van der Waals surface area contributed by atoms with Gasteiger partial charge in [0.1, 0.15) is 0 Å².